The molecule has 0 amide bonds. The van der Waals surface area contributed by atoms with E-state index in [1.165, 1.54) is 40.7 Å². The second kappa shape index (κ2) is 6.19. The molecule has 0 atom stereocenters. The van der Waals surface area contributed by atoms with Crippen LogP contribution in [0.1, 0.15) is 69.7 Å². The van der Waals surface area contributed by atoms with Crippen LogP contribution >= 0.6 is 15.9 Å². The summed E-state index contributed by atoms with van der Waals surface area (Å²) in [5, 5.41) is 0. The molecular formula is C23H27Br. The normalized spacial score (nSPS) is 19.0. The van der Waals surface area contributed by atoms with Crippen LogP contribution in [0.4, 0.5) is 0 Å². The Morgan fingerprint density at radius 1 is 0.917 bits per heavy atom. The molecule has 0 nitrogen and oxygen atoms in total. The Hall–Kier alpha value is -1.34. The maximum atomic E-state index is 3.66. The third-order valence-corrected chi connectivity index (χ3v) is 6.25. The second-order valence-corrected chi connectivity index (χ2v) is 9.23. The molecule has 0 unspecified atom stereocenters. The lowest BCUT2D eigenvalue weighted by Crippen LogP contribution is -2.33. The summed E-state index contributed by atoms with van der Waals surface area (Å²) >= 11 is 3.66. The number of rotatable bonds is 2. The van der Waals surface area contributed by atoms with Crippen LogP contribution in [0.15, 0.2) is 46.9 Å². The standard InChI is InChI=1S/C23H27Br/c1-16(18-8-6-7-9-21(18)24)14-17-10-11-19-20(15-17)23(4,5)13-12-22(19,2)3/h6-11,14-15H,12-13H2,1-5H3. The minimum absolute atomic E-state index is 0.260. The number of fused-ring (bicyclic) bond motifs is 1. The Bertz CT molecular complexity index is 793. The number of hydrogen-bond acceptors (Lipinski definition) is 0. The van der Waals surface area contributed by atoms with Gasteiger partial charge < -0.3 is 0 Å². The van der Waals surface area contributed by atoms with Crippen molar-refractivity contribution >= 4 is 27.6 Å². The van der Waals surface area contributed by atoms with E-state index >= 15 is 0 Å². The van der Waals surface area contributed by atoms with Gasteiger partial charge in [0, 0.05) is 4.47 Å². The molecule has 0 spiro atoms. The summed E-state index contributed by atoms with van der Waals surface area (Å²) in [7, 11) is 0. The number of halogens is 1. The predicted molar refractivity (Wildman–Crippen MR) is 109 cm³/mol. The van der Waals surface area contributed by atoms with Gasteiger partial charge in [-0.05, 0) is 64.5 Å². The van der Waals surface area contributed by atoms with Crippen molar-refractivity contribution in [2.75, 3.05) is 0 Å². The van der Waals surface area contributed by atoms with Gasteiger partial charge in [-0.2, -0.15) is 0 Å². The van der Waals surface area contributed by atoms with E-state index in [0.29, 0.717) is 0 Å². The first-order chi connectivity index (χ1) is 11.2. The summed E-state index contributed by atoms with van der Waals surface area (Å²) in [6.45, 7) is 11.7. The van der Waals surface area contributed by atoms with E-state index in [1.807, 2.05) is 0 Å². The van der Waals surface area contributed by atoms with Crippen LogP contribution in [0.25, 0.3) is 11.6 Å². The Morgan fingerprint density at radius 3 is 2.21 bits per heavy atom. The fourth-order valence-electron chi connectivity index (χ4n) is 3.80. The molecule has 2 aromatic carbocycles. The van der Waals surface area contributed by atoms with Gasteiger partial charge >= 0.3 is 0 Å². The van der Waals surface area contributed by atoms with Gasteiger partial charge in [-0.25, -0.2) is 0 Å². The van der Waals surface area contributed by atoms with Crippen LogP contribution in [0.3, 0.4) is 0 Å². The van der Waals surface area contributed by atoms with Gasteiger partial charge in [0.1, 0.15) is 0 Å². The van der Waals surface area contributed by atoms with Crippen molar-refractivity contribution in [3.05, 3.63) is 69.2 Å². The molecule has 0 saturated carbocycles. The average Bonchev–Trinajstić information content (AvgIpc) is 2.52. The van der Waals surface area contributed by atoms with E-state index in [4.69, 9.17) is 0 Å². The van der Waals surface area contributed by atoms with Crippen LogP contribution in [0, 0.1) is 0 Å². The van der Waals surface area contributed by atoms with Crippen LogP contribution in [0.2, 0.25) is 0 Å². The fourth-order valence-corrected chi connectivity index (χ4v) is 4.40. The molecule has 3 rings (SSSR count). The van der Waals surface area contributed by atoms with E-state index in [-0.39, 0.29) is 10.8 Å². The summed E-state index contributed by atoms with van der Waals surface area (Å²) in [6.07, 6.45) is 4.82. The minimum Gasteiger partial charge on any atom is -0.0616 e. The van der Waals surface area contributed by atoms with Crippen LogP contribution in [0.5, 0.6) is 0 Å². The highest BCUT2D eigenvalue weighted by atomic mass is 79.9. The molecule has 0 aromatic heterocycles. The lowest BCUT2D eigenvalue weighted by Gasteiger charge is -2.42. The van der Waals surface area contributed by atoms with Crippen molar-refractivity contribution < 1.29 is 0 Å². The molecule has 0 bridgehead atoms. The summed E-state index contributed by atoms with van der Waals surface area (Å²) in [5.41, 5.74) is 7.43. The first-order valence-electron chi connectivity index (χ1n) is 8.79. The largest absolute Gasteiger partial charge is 0.0616 e. The molecule has 0 aliphatic heterocycles. The Balaban J connectivity index is 2.06. The molecule has 126 valence electrons. The smallest absolute Gasteiger partial charge is 0.0250 e. The highest BCUT2D eigenvalue weighted by molar-refractivity contribution is 9.10. The van der Waals surface area contributed by atoms with Gasteiger partial charge in [0.05, 0.1) is 0 Å². The highest BCUT2D eigenvalue weighted by Crippen LogP contribution is 2.46. The summed E-state index contributed by atoms with van der Waals surface area (Å²) in [5.74, 6) is 0. The molecule has 24 heavy (non-hydrogen) atoms. The van der Waals surface area contributed by atoms with Gasteiger partial charge in [-0.1, -0.05) is 86.1 Å². The SMILES string of the molecule is CC(=Cc1ccc2c(c1)C(C)(C)CCC2(C)C)c1ccccc1Br. The Kier molecular flexibility index (Phi) is 4.51. The zero-order valence-corrected chi connectivity index (χ0v) is 17.0. The molecule has 0 N–H and O–H groups in total. The molecule has 0 fully saturated rings. The van der Waals surface area contributed by atoms with Crippen molar-refractivity contribution in [2.45, 2.75) is 58.3 Å². The maximum absolute atomic E-state index is 3.66. The van der Waals surface area contributed by atoms with Crippen LogP contribution < -0.4 is 0 Å². The number of benzene rings is 2. The van der Waals surface area contributed by atoms with Gasteiger partial charge in [0.15, 0.2) is 0 Å². The zero-order chi connectivity index (χ0) is 17.5. The van der Waals surface area contributed by atoms with Crippen molar-refractivity contribution in [3.63, 3.8) is 0 Å². The lowest BCUT2D eigenvalue weighted by atomic mass is 9.63. The van der Waals surface area contributed by atoms with E-state index in [1.54, 1.807) is 0 Å². The van der Waals surface area contributed by atoms with Gasteiger partial charge in [-0.3, -0.25) is 0 Å². The Morgan fingerprint density at radius 2 is 1.54 bits per heavy atom. The summed E-state index contributed by atoms with van der Waals surface area (Å²) in [6, 6.07) is 15.5. The fraction of sp³-hybridized carbons (Fsp3) is 0.391. The second-order valence-electron chi connectivity index (χ2n) is 8.38. The monoisotopic (exact) mass is 382 g/mol. The van der Waals surface area contributed by atoms with E-state index in [2.05, 4.69) is 99.1 Å². The summed E-state index contributed by atoms with van der Waals surface area (Å²) < 4.78 is 1.15. The number of hydrogen-bond donors (Lipinski definition) is 0. The van der Waals surface area contributed by atoms with Crippen molar-refractivity contribution in [1.29, 1.82) is 0 Å². The van der Waals surface area contributed by atoms with Crippen molar-refractivity contribution in [2.24, 2.45) is 0 Å². The van der Waals surface area contributed by atoms with E-state index in [0.717, 1.165) is 4.47 Å². The molecular weight excluding hydrogens is 356 g/mol. The van der Waals surface area contributed by atoms with E-state index < -0.39 is 0 Å². The third-order valence-electron chi connectivity index (χ3n) is 5.56. The predicted octanol–water partition coefficient (Wildman–Crippen LogP) is 7.36. The van der Waals surface area contributed by atoms with E-state index in [9.17, 15) is 0 Å². The lowest BCUT2D eigenvalue weighted by molar-refractivity contribution is 0.332. The van der Waals surface area contributed by atoms with Crippen molar-refractivity contribution in [3.8, 4) is 0 Å². The molecule has 1 aliphatic rings. The number of allylic oxidation sites excluding steroid dienone is 1. The van der Waals surface area contributed by atoms with Crippen molar-refractivity contribution in [1.82, 2.24) is 0 Å². The average molecular weight is 383 g/mol. The van der Waals surface area contributed by atoms with Crippen LogP contribution in [-0.4, -0.2) is 0 Å². The molecule has 1 heteroatoms. The zero-order valence-electron chi connectivity index (χ0n) is 15.4. The molecule has 0 heterocycles. The molecule has 0 saturated heterocycles. The first-order valence-corrected chi connectivity index (χ1v) is 9.58. The minimum atomic E-state index is 0.260. The summed E-state index contributed by atoms with van der Waals surface area (Å²) in [4.78, 5) is 0. The Labute approximate surface area is 155 Å². The van der Waals surface area contributed by atoms with Gasteiger partial charge in [0.25, 0.3) is 0 Å². The van der Waals surface area contributed by atoms with Gasteiger partial charge in [0.2, 0.25) is 0 Å². The maximum Gasteiger partial charge on any atom is 0.0250 e. The molecule has 1 aliphatic carbocycles. The molecule has 2 aromatic rings. The van der Waals surface area contributed by atoms with Crippen LogP contribution in [-0.2, 0) is 10.8 Å². The topological polar surface area (TPSA) is 0 Å². The van der Waals surface area contributed by atoms with Gasteiger partial charge in [-0.15, -0.1) is 0 Å². The third kappa shape index (κ3) is 3.24. The highest BCUT2D eigenvalue weighted by Gasteiger charge is 2.36. The molecule has 0 radical (unpaired) electrons. The quantitative estimate of drug-likeness (QED) is 0.475. The first kappa shape index (κ1) is 17.5.